The lowest BCUT2D eigenvalue weighted by Crippen LogP contribution is -2.49. The number of halogens is 1. The molecule has 7 nitrogen and oxygen atoms in total. The number of ether oxygens (including phenoxy) is 1. The van der Waals surface area contributed by atoms with Gasteiger partial charge in [0.05, 0.1) is 24.7 Å². The molecule has 0 aliphatic carbocycles. The molecule has 2 aromatic heterocycles. The van der Waals surface area contributed by atoms with Crippen molar-refractivity contribution in [2.45, 2.75) is 6.54 Å². The van der Waals surface area contributed by atoms with Crippen LogP contribution in [0.5, 0.6) is 5.75 Å². The van der Waals surface area contributed by atoms with Gasteiger partial charge in [0.25, 0.3) is 0 Å². The molecule has 0 atom stereocenters. The van der Waals surface area contributed by atoms with Gasteiger partial charge in [-0.2, -0.15) is 0 Å². The standard InChI is InChI=1S/C20H22ClN5O2/c1-28-18-6-5-15(21)12-17(18)23-20(27)25-10-8-24(9-11-25)14-16-13-22-19-4-2-3-7-26(16)19/h2-7,12-13H,8-11,14H2,1H3,(H,23,27). The zero-order valence-electron chi connectivity index (χ0n) is 15.6. The number of amides is 2. The van der Waals surface area contributed by atoms with Crippen molar-refractivity contribution in [1.29, 1.82) is 0 Å². The van der Waals surface area contributed by atoms with Gasteiger partial charge in [-0.15, -0.1) is 0 Å². The maximum atomic E-state index is 12.6. The molecule has 1 saturated heterocycles. The molecule has 4 rings (SSSR count). The number of piperazine rings is 1. The Balaban J connectivity index is 1.35. The molecule has 1 aliphatic heterocycles. The summed E-state index contributed by atoms with van der Waals surface area (Å²) in [6.45, 7) is 3.74. The van der Waals surface area contributed by atoms with Gasteiger partial charge in [0, 0.05) is 43.9 Å². The molecule has 2 amide bonds. The normalized spacial score (nSPS) is 15.0. The van der Waals surface area contributed by atoms with E-state index in [1.54, 1.807) is 25.3 Å². The van der Waals surface area contributed by atoms with Crippen molar-refractivity contribution in [2.24, 2.45) is 0 Å². The van der Waals surface area contributed by atoms with Crippen LogP contribution in [0.15, 0.2) is 48.8 Å². The first-order valence-corrected chi connectivity index (χ1v) is 9.54. The second-order valence-electron chi connectivity index (χ2n) is 6.72. The van der Waals surface area contributed by atoms with Crippen LogP contribution in [0.1, 0.15) is 5.69 Å². The fourth-order valence-electron chi connectivity index (χ4n) is 3.41. The molecule has 0 saturated carbocycles. The number of urea groups is 1. The molecule has 1 fully saturated rings. The SMILES string of the molecule is COc1ccc(Cl)cc1NC(=O)N1CCN(Cc2cnc3ccccn23)CC1. The van der Waals surface area contributed by atoms with Crippen molar-refractivity contribution in [2.75, 3.05) is 38.6 Å². The molecular formula is C20H22ClN5O2. The number of fused-ring (bicyclic) bond motifs is 1. The van der Waals surface area contributed by atoms with Crippen molar-refractivity contribution in [3.8, 4) is 5.75 Å². The summed E-state index contributed by atoms with van der Waals surface area (Å²) < 4.78 is 7.39. The topological polar surface area (TPSA) is 62.1 Å². The molecule has 28 heavy (non-hydrogen) atoms. The summed E-state index contributed by atoms with van der Waals surface area (Å²) in [6.07, 6.45) is 3.94. The first kappa shape index (κ1) is 18.6. The average molecular weight is 400 g/mol. The van der Waals surface area contributed by atoms with Crippen LogP contribution < -0.4 is 10.1 Å². The van der Waals surface area contributed by atoms with Gasteiger partial charge in [-0.1, -0.05) is 17.7 Å². The monoisotopic (exact) mass is 399 g/mol. The largest absolute Gasteiger partial charge is 0.495 e. The van der Waals surface area contributed by atoms with Gasteiger partial charge in [0.1, 0.15) is 11.4 Å². The summed E-state index contributed by atoms with van der Waals surface area (Å²) in [5, 5.41) is 3.45. The Bertz CT molecular complexity index is 982. The summed E-state index contributed by atoms with van der Waals surface area (Å²) in [6, 6.07) is 11.0. The molecule has 1 aromatic carbocycles. The van der Waals surface area contributed by atoms with Gasteiger partial charge in [-0.25, -0.2) is 9.78 Å². The number of pyridine rings is 1. The maximum absolute atomic E-state index is 12.6. The van der Waals surface area contributed by atoms with E-state index in [1.165, 1.54) is 0 Å². The van der Waals surface area contributed by atoms with E-state index < -0.39 is 0 Å². The summed E-state index contributed by atoms with van der Waals surface area (Å²) in [7, 11) is 1.57. The van der Waals surface area contributed by atoms with Crippen molar-refractivity contribution in [3.05, 3.63) is 59.5 Å². The van der Waals surface area contributed by atoms with E-state index >= 15 is 0 Å². The summed E-state index contributed by atoms with van der Waals surface area (Å²) in [5.41, 5.74) is 2.68. The second-order valence-corrected chi connectivity index (χ2v) is 7.15. The number of nitrogens with zero attached hydrogens (tertiary/aromatic N) is 4. The minimum atomic E-state index is -0.144. The number of methoxy groups -OCH3 is 1. The van der Waals surface area contributed by atoms with Crippen LogP contribution in [-0.2, 0) is 6.54 Å². The maximum Gasteiger partial charge on any atom is 0.322 e. The van der Waals surface area contributed by atoms with E-state index in [0.29, 0.717) is 29.5 Å². The van der Waals surface area contributed by atoms with Crippen LogP contribution in [0.2, 0.25) is 5.02 Å². The summed E-state index contributed by atoms with van der Waals surface area (Å²) >= 11 is 6.04. The van der Waals surface area contributed by atoms with Crippen molar-refractivity contribution in [3.63, 3.8) is 0 Å². The Kier molecular flexibility index (Phi) is 5.36. The average Bonchev–Trinajstić information content (AvgIpc) is 3.12. The van der Waals surface area contributed by atoms with Crippen LogP contribution in [0, 0.1) is 0 Å². The number of rotatable bonds is 4. The predicted octanol–water partition coefficient (Wildman–Crippen LogP) is 3.35. The van der Waals surface area contributed by atoms with Crippen LogP contribution >= 0.6 is 11.6 Å². The lowest BCUT2D eigenvalue weighted by Gasteiger charge is -2.34. The third kappa shape index (κ3) is 3.90. The minimum absolute atomic E-state index is 0.144. The molecule has 3 heterocycles. The van der Waals surface area contributed by atoms with Gasteiger partial charge in [0.15, 0.2) is 0 Å². The number of aromatic nitrogens is 2. The molecule has 0 radical (unpaired) electrons. The number of imidazole rings is 1. The van der Waals surface area contributed by atoms with Crippen molar-refractivity contribution in [1.82, 2.24) is 19.2 Å². The fourth-order valence-corrected chi connectivity index (χ4v) is 3.58. The number of carbonyl (C=O) groups is 1. The summed E-state index contributed by atoms with van der Waals surface area (Å²) in [4.78, 5) is 21.2. The third-order valence-corrected chi connectivity index (χ3v) is 5.18. The highest BCUT2D eigenvalue weighted by Gasteiger charge is 2.22. The highest BCUT2D eigenvalue weighted by molar-refractivity contribution is 6.31. The molecule has 0 unspecified atom stereocenters. The Morgan fingerprint density at radius 1 is 1.21 bits per heavy atom. The smallest absolute Gasteiger partial charge is 0.322 e. The summed E-state index contributed by atoms with van der Waals surface area (Å²) in [5.74, 6) is 0.587. The zero-order valence-corrected chi connectivity index (χ0v) is 16.4. The number of hydrogen-bond donors (Lipinski definition) is 1. The van der Waals surface area contributed by atoms with E-state index in [4.69, 9.17) is 16.3 Å². The molecule has 8 heteroatoms. The molecule has 1 aliphatic rings. The van der Waals surface area contributed by atoms with E-state index in [2.05, 4.69) is 19.6 Å². The van der Waals surface area contributed by atoms with Gasteiger partial charge in [-0.3, -0.25) is 4.90 Å². The molecule has 0 spiro atoms. The van der Waals surface area contributed by atoms with Crippen LogP contribution in [-0.4, -0.2) is 58.5 Å². The lowest BCUT2D eigenvalue weighted by atomic mass is 10.2. The second kappa shape index (κ2) is 8.08. The molecule has 1 N–H and O–H groups in total. The first-order valence-electron chi connectivity index (χ1n) is 9.17. The van der Waals surface area contributed by atoms with E-state index in [9.17, 15) is 4.79 Å². The lowest BCUT2D eigenvalue weighted by molar-refractivity contribution is 0.142. The fraction of sp³-hybridized carbons (Fsp3) is 0.300. The predicted molar refractivity (Wildman–Crippen MR) is 109 cm³/mol. The first-order chi connectivity index (χ1) is 13.6. The zero-order chi connectivity index (χ0) is 19.5. The van der Waals surface area contributed by atoms with Crippen LogP contribution in [0.3, 0.4) is 0 Å². The van der Waals surface area contributed by atoms with Gasteiger partial charge >= 0.3 is 6.03 Å². The minimum Gasteiger partial charge on any atom is -0.495 e. The van der Waals surface area contributed by atoms with E-state index in [-0.39, 0.29) is 6.03 Å². The van der Waals surface area contributed by atoms with Gasteiger partial charge < -0.3 is 19.4 Å². The molecule has 0 bridgehead atoms. The Hall–Kier alpha value is -2.77. The van der Waals surface area contributed by atoms with Crippen LogP contribution in [0.25, 0.3) is 5.65 Å². The number of benzene rings is 1. The highest BCUT2D eigenvalue weighted by Crippen LogP contribution is 2.28. The Morgan fingerprint density at radius 3 is 2.82 bits per heavy atom. The highest BCUT2D eigenvalue weighted by atomic mass is 35.5. The van der Waals surface area contributed by atoms with Crippen molar-refractivity contribution < 1.29 is 9.53 Å². The van der Waals surface area contributed by atoms with Crippen molar-refractivity contribution >= 4 is 29.0 Å². The quantitative estimate of drug-likeness (QED) is 0.730. The van der Waals surface area contributed by atoms with Crippen LogP contribution in [0.4, 0.5) is 10.5 Å². The number of carbonyl (C=O) groups excluding carboxylic acids is 1. The molecular weight excluding hydrogens is 378 g/mol. The Morgan fingerprint density at radius 2 is 2.04 bits per heavy atom. The third-order valence-electron chi connectivity index (χ3n) is 4.94. The number of anilines is 1. The number of nitrogens with one attached hydrogen (secondary N) is 1. The molecule has 3 aromatic rings. The Labute approximate surface area is 168 Å². The van der Waals surface area contributed by atoms with Gasteiger partial charge in [-0.05, 0) is 30.3 Å². The van der Waals surface area contributed by atoms with E-state index in [1.807, 2.05) is 35.5 Å². The molecule has 146 valence electrons. The van der Waals surface area contributed by atoms with E-state index in [0.717, 1.165) is 31.0 Å². The van der Waals surface area contributed by atoms with Gasteiger partial charge in [0.2, 0.25) is 0 Å². The number of hydrogen-bond acceptors (Lipinski definition) is 4.